The number of thioether (sulfide) groups is 1. The highest BCUT2D eigenvalue weighted by Crippen LogP contribution is 2.40. The molecule has 1 aromatic heterocycles. The van der Waals surface area contributed by atoms with Crippen molar-refractivity contribution in [2.45, 2.75) is 16.7 Å². The van der Waals surface area contributed by atoms with E-state index in [2.05, 4.69) is 4.98 Å². The molecule has 0 aliphatic carbocycles. The van der Waals surface area contributed by atoms with Crippen LogP contribution in [0.3, 0.4) is 0 Å². The van der Waals surface area contributed by atoms with Crippen LogP contribution in [0.5, 0.6) is 5.75 Å². The molecule has 0 aliphatic rings. The molecule has 0 N–H and O–H groups in total. The van der Waals surface area contributed by atoms with Crippen molar-refractivity contribution in [1.82, 2.24) is 4.98 Å². The zero-order chi connectivity index (χ0) is 25.7. The van der Waals surface area contributed by atoms with Gasteiger partial charge in [0, 0.05) is 10.9 Å². The fraction of sp³-hybridized carbons (Fsp3) is 0.148. The summed E-state index contributed by atoms with van der Waals surface area (Å²) in [6.07, 6.45) is 0. The fourth-order valence-corrected chi connectivity index (χ4v) is 4.53. The predicted molar refractivity (Wildman–Crippen MR) is 136 cm³/mol. The number of ether oxygens (including phenoxy) is 2. The van der Waals surface area contributed by atoms with E-state index in [9.17, 15) is 14.0 Å². The molecule has 1 atom stereocenters. The van der Waals surface area contributed by atoms with Crippen molar-refractivity contribution in [2.75, 3.05) is 13.3 Å². The van der Waals surface area contributed by atoms with Crippen molar-refractivity contribution in [3.05, 3.63) is 89.7 Å². The molecule has 0 saturated heterocycles. The number of pyridine rings is 1. The summed E-state index contributed by atoms with van der Waals surface area (Å²) in [5.74, 6) is -2.48. The van der Waals surface area contributed by atoms with E-state index in [0.29, 0.717) is 5.56 Å². The Morgan fingerprint density at radius 1 is 1.03 bits per heavy atom. The Balaban J connectivity index is 1.98. The van der Waals surface area contributed by atoms with E-state index in [1.807, 2.05) is 0 Å². The van der Waals surface area contributed by atoms with Crippen molar-refractivity contribution < 1.29 is 27.8 Å². The summed E-state index contributed by atoms with van der Waals surface area (Å²) in [4.78, 5) is 30.5. The molecule has 0 spiro atoms. The first kappa shape index (κ1) is 25.6. The van der Waals surface area contributed by atoms with Crippen LogP contribution in [0.4, 0.5) is 8.78 Å². The van der Waals surface area contributed by atoms with Gasteiger partial charge in [0.25, 0.3) is 0 Å². The van der Waals surface area contributed by atoms with E-state index in [4.69, 9.17) is 21.1 Å². The number of carbonyl (C=O) groups excluding carboxylic acids is 2. The molecule has 3 aromatic carbocycles. The van der Waals surface area contributed by atoms with Crippen LogP contribution in [0.25, 0.3) is 22.0 Å². The Morgan fingerprint density at radius 3 is 2.33 bits per heavy atom. The molecular weight excluding hydrogens is 508 g/mol. The maximum absolute atomic E-state index is 15.3. The highest BCUT2D eigenvalue weighted by Gasteiger charge is 2.28. The van der Waals surface area contributed by atoms with Crippen molar-refractivity contribution >= 4 is 46.2 Å². The number of rotatable bonds is 8. The van der Waals surface area contributed by atoms with Gasteiger partial charge in [-0.2, -0.15) is 0 Å². The number of hydrogen-bond donors (Lipinski definition) is 0. The number of hydrogen-bond acceptors (Lipinski definition) is 6. The third-order valence-corrected chi connectivity index (χ3v) is 6.41. The van der Waals surface area contributed by atoms with Gasteiger partial charge in [0.15, 0.2) is 5.75 Å². The Labute approximate surface area is 215 Å². The lowest BCUT2D eigenvalue weighted by molar-refractivity contribution is 0.0515. The summed E-state index contributed by atoms with van der Waals surface area (Å²) in [5.41, 5.74) is 1.06. The smallest absolute Gasteiger partial charge is 0.344 e. The molecule has 0 bridgehead atoms. The summed E-state index contributed by atoms with van der Waals surface area (Å²) in [6.45, 7) is 0.709. The zero-order valence-corrected chi connectivity index (χ0v) is 20.6. The van der Waals surface area contributed by atoms with Crippen LogP contribution < -0.4 is 4.74 Å². The van der Waals surface area contributed by atoms with E-state index in [0.717, 1.165) is 17.8 Å². The summed E-state index contributed by atoms with van der Waals surface area (Å²) in [6, 6.07) is 19.6. The Kier molecular flexibility index (Phi) is 8.18. The second-order valence-corrected chi connectivity index (χ2v) is 9.47. The quantitative estimate of drug-likeness (QED) is 0.139. The normalized spacial score (nSPS) is 11.8. The first-order valence-electron chi connectivity index (χ1n) is 11.0. The maximum Gasteiger partial charge on any atom is 0.344 e. The topological polar surface area (TPSA) is 65.5 Å². The fourth-order valence-electron chi connectivity index (χ4n) is 3.53. The standard InChI is InChI=1S/C27H20ClF2NO4S/c1-2-34-27(33)23-24(35-26(32)17-11-7-4-8-12-17)19-13-20(30)18(16-9-5-3-6-10-16)14-21(19)31-25(23)36-22(28)15-29/h3-14,22H,2,15H2,1H3. The van der Waals surface area contributed by atoms with Crippen molar-refractivity contribution in [1.29, 1.82) is 0 Å². The van der Waals surface area contributed by atoms with Gasteiger partial charge in [-0.1, -0.05) is 60.3 Å². The van der Waals surface area contributed by atoms with E-state index in [1.165, 1.54) is 18.2 Å². The summed E-state index contributed by atoms with van der Waals surface area (Å²) in [5, 5.41) is 0.0790. The monoisotopic (exact) mass is 527 g/mol. The van der Waals surface area contributed by atoms with Crippen LogP contribution in [0.15, 0.2) is 77.8 Å². The number of esters is 2. The molecule has 0 amide bonds. The highest BCUT2D eigenvalue weighted by atomic mass is 35.5. The number of fused-ring (bicyclic) bond motifs is 1. The van der Waals surface area contributed by atoms with Crippen molar-refractivity contribution in [3.8, 4) is 16.9 Å². The molecule has 0 radical (unpaired) electrons. The Hall–Kier alpha value is -3.49. The van der Waals surface area contributed by atoms with Crippen molar-refractivity contribution in [3.63, 3.8) is 0 Å². The third kappa shape index (κ3) is 5.50. The zero-order valence-electron chi connectivity index (χ0n) is 19.0. The molecule has 36 heavy (non-hydrogen) atoms. The third-order valence-electron chi connectivity index (χ3n) is 5.12. The van der Waals surface area contributed by atoms with Crippen molar-refractivity contribution in [2.24, 2.45) is 0 Å². The summed E-state index contributed by atoms with van der Waals surface area (Å²) >= 11 is 6.81. The lowest BCUT2D eigenvalue weighted by Crippen LogP contribution is -2.16. The van der Waals surface area contributed by atoms with Crippen LogP contribution in [0.1, 0.15) is 27.6 Å². The second-order valence-electron chi connectivity index (χ2n) is 7.49. The molecule has 0 aliphatic heterocycles. The SMILES string of the molecule is CCOC(=O)c1c(SC(Cl)CF)nc2cc(-c3ccccc3)c(F)cc2c1OC(=O)c1ccccc1. The van der Waals surface area contributed by atoms with Gasteiger partial charge in [0.1, 0.15) is 27.8 Å². The number of benzene rings is 3. The lowest BCUT2D eigenvalue weighted by Gasteiger charge is -2.17. The first-order chi connectivity index (χ1) is 17.4. The number of alkyl halides is 2. The van der Waals surface area contributed by atoms with Crippen LogP contribution in [-0.4, -0.2) is 34.9 Å². The molecule has 5 nitrogen and oxygen atoms in total. The predicted octanol–water partition coefficient (Wildman–Crippen LogP) is 7.06. The number of carbonyl (C=O) groups is 2. The minimum Gasteiger partial charge on any atom is -0.462 e. The largest absolute Gasteiger partial charge is 0.462 e. The minimum atomic E-state index is -1.07. The minimum absolute atomic E-state index is 0.0000755. The Morgan fingerprint density at radius 2 is 1.69 bits per heavy atom. The molecule has 4 aromatic rings. The van der Waals surface area contributed by atoms with Gasteiger partial charge in [0.05, 0.1) is 17.7 Å². The number of aromatic nitrogens is 1. The van der Waals surface area contributed by atoms with Crippen LogP contribution >= 0.6 is 23.4 Å². The van der Waals surface area contributed by atoms with Gasteiger partial charge in [-0.05, 0) is 36.8 Å². The summed E-state index contributed by atoms with van der Waals surface area (Å²) in [7, 11) is 0. The molecule has 0 fully saturated rings. The van der Waals surface area contributed by atoms with E-state index in [1.54, 1.807) is 55.5 Å². The van der Waals surface area contributed by atoms with Gasteiger partial charge in [0.2, 0.25) is 0 Å². The average molecular weight is 528 g/mol. The van der Waals surface area contributed by atoms with Gasteiger partial charge in [-0.15, -0.1) is 11.6 Å². The Bertz CT molecular complexity index is 1400. The van der Waals surface area contributed by atoms with Gasteiger partial charge in [-0.25, -0.2) is 23.4 Å². The molecule has 0 saturated carbocycles. The molecule has 1 heterocycles. The molecule has 1 unspecified atom stereocenters. The number of halogens is 3. The van der Waals surface area contributed by atoms with Gasteiger partial charge >= 0.3 is 11.9 Å². The van der Waals surface area contributed by atoms with Gasteiger partial charge < -0.3 is 9.47 Å². The summed E-state index contributed by atoms with van der Waals surface area (Å²) < 4.78 is 38.4. The lowest BCUT2D eigenvalue weighted by atomic mass is 10.0. The van der Waals surface area contributed by atoms with Crippen LogP contribution in [0, 0.1) is 5.82 Å². The second kappa shape index (κ2) is 11.5. The molecule has 184 valence electrons. The highest BCUT2D eigenvalue weighted by molar-refractivity contribution is 8.01. The van der Waals surface area contributed by atoms with E-state index in [-0.39, 0.29) is 45.0 Å². The maximum atomic E-state index is 15.3. The van der Waals surface area contributed by atoms with E-state index < -0.39 is 29.1 Å². The van der Waals surface area contributed by atoms with E-state index >= 15 is 4.39 Å². The average Bonchev–Trinajstić information content (AvgIpc) is 2.89. The molecule has 9 heteroatoms. The van der Waals surface area contributed by atoms with Crippen LogP contribution in [0.2, 0.25) is 0 Å². The first-order valence-corrected chi connectivity index (χ1v) is 12.3. The molecule has 4 rings (SSSR count). The number of nitrogens with zero attached hydrogens (tertiary/aromatic N) is 1. The van der Waals surface area contributed by atoms with Gasteiger partial charge in [-0.3, -0.25) is 0 Å². The van der Waals surface area contributed by atoms with Crippen LogP contribution in [-0.2, 0) is 4.74 Å². The molecular formula is C27H20ClF2NO4S.